The minimum atomic E-state index is -0.958. The maximum Gasteiger partial charge on any atom is 0.279 e. The lowest BCUT2D eigenvalue weighted by atomic mass is 10.1. The number of hydrogen-bond donors (Lipinski definition) is 2. The van der Waals surface area contributed by atoms with Gasteiger partial charge in [0.05, 0.1) is 12.7 Å². The van der Waals surface area contributed by atoms with E-state index in [0.29, 0.717) is 17.1 Å². The fourth-order valence-corrected chi connectivity index (χ4v) is 2.81. The Kier molecular flexibility index (Phi) is 4.22. The first-order chi connectivity index (χ1) is 13.4. The van der Waals surface area contributed by atoms with Crippen LogP contribution in [0.15, 0.2) is 47.8 Å². The summed E-state index contributed by atoms with van der Waals surface area (Å²) in [5.41, 5.74) is 1.14. The number of H-pyrrole nitrogens is 1. The fourth-order valence-electron chi connectivity index (χ4n) is 2.81. The highest BCUT2D eigenvalue weighted by atomic mass is 19.2. The van der Waals surface area contributed by atoms with Crippen LogP contribution in [0.2, 0.25) is 0 Å². The van der Waals surface area contributed by atoms with Gasteiger partial charge in [-0.3, -0.25) is 9.59 Å². The molecule has 0 fully saturated rings. The summed E-state index contributed by atoms with van der Waals surface area (Å²) in [6.45, 7) is -0.142. The molecule has 0 unspecified atom stereocenters. The molecule has 1 aromatic carbocycles. The molecule has 0 spiro atoms. The van der Waals surface area contributed by atoms with Crippen LogP contribution in [0.4, 0.5) is 14.6 Å². The summed E-state index contributed by atoms with van der Waals surface area (Å²) < 4.78 is 29.2. The highest BCUT2D eigenvalue weighted by Gasteiger charge is 2.13. The molecule has 0 aliphatic rings. The lowest BCUT2D eigenvalue weighted by molar-refractivity contribution is -0.116. The van der Waals surface area contributed by atoms with E-state index in [1.165, 1.54) is 27.9 Å². The highest BCUT2D eigenvalue weighted by molar-refractivity contribution is 5.91. The number of nitrogens with one attached hydrogen (secondary N) is 2. The molecule has 0 radical (unpaired) electrons. The van der Waals surface area contributed by atoms with Crippen LogP contribution in [0.1, 0.15) is 0 Å². The molecule has 0 aliphatic carbocycles. The Labute approximate surface area is 156 Å². The van der Waals surface area contributed by atoms with Gasteiger partial charge >= 0.3 is 0 Å². The van der Waals surface area contributed by atoms with Crippen molar-refractivity contribution >= 4 is 22.9 Å². The second-order valence-corrected chi connectivity index (χ2v) is 6.17. The van der Waals surface area contributed by atoms with E-state index in [2.05, 4.69) is 20.3 Å². The van der Waals surface area contributed by atoms with Crippen LogP contribution in [-0.4, -0.2) is 30.0 Å². The van der Waals surface area contributed by atoms with Gasteiger partial charge in [-0.25, -0.2) is 18.7 Å². The van der Waals surface area contributed by atoms with Crippen molar-refractivity contribution in [3.05, 3.63) is 65.0 Å². The Morgan fingerprint density at radius 3 is 2.71 bits per heavy atom. The second kappa shape index (κ2) is 6.72. The van der Waals surface area contributed by atoms with Crippen molar-refractivity contribution in [1.29, 1.82) is 0 Å². The quantitative estimate of drug-likeness (QED) is 0.563. The summed E-state index contributed by atoms with van der Waals surface area (Å²) >= 11 is 0. The van der Waals surface area contributed by atoms with Crippen LogP contribution in [0.3, 0.4) is 0 Å². The zero-order valence-electron chi connectivity index (χ0n) is 14.6. The number of halogens is 2. The monoisotopic (exact) mass is 384 g/mol. The standard InChI is InChI=1S/C18H14F2N6O2/c1-25-8-21-17-16(18(25)28)26(9-22-17)7-15(27)24-14-5-4-13(23-14)10-2-3-11(19)12(20)6-10/h2-6,8-9,23H,7H2,1H3,(H,24,27). The number of anilines is 1. The molecule has 0 atom stereocenters. The maximum absolute atomic E-state index is 13.4. The van der Waals surface area contributed by atoms with Gasteiger partial charge in [-0.15, -0.1) is 0 Å². The number of benzene rings is 1. The number of imidazole rings is 1. The van der Waals surface area contributed by atoms with E-state index in [0.717, 1.165) is 12.1 Å². The first-order valence-corrected chi connectivity index (χ1v) is 8.23. The number of amides is 1. The van der Waals surface area contributed by atoms with E-state index < -0.39 is 17.5 Å². The molecule has 0 saturated heterocycles. The molecule has 0 saturated carbocycles. The van der Waals surface area contributed by atoms with Crippen LogP contribution in [0, 0.1) is 11.6 Å². The predicted molar refractivity (Wildman–Crippen MR) is 97.5 cm³/mol. The summed E-state index contributed by atoms with van der Waals surface area (Å²) in [5.74, 6) is -1.92. The molecule has 3 aromatic heterocycles. The number of rotatable bonds is 4. The number of aromatic amines is 1. The molecule has 3 heterocycles. The number of aromatic nitrogens is 5. The average molecular weight is 384 g/mol. The van der Waals surface area contributed by atoms with Crippen molar-refractivity contribution in [3.63, 3.8) is 0 Å². The van der Waals surface area contributed by atoms with Gasteiger partial charge in [-0.05, 0) is 30.3 Å². The Bertz CT molecular complexity index is 1260. The molecule has 10 heteroatoms. The van der Waals surface area contributed by atoms with Gasteiger partial charge in [0, 0.05) is 18.3 Å². The molecule has 2 N–H and O–H groups in total. The second-order valence-electron chi connectivity index (χ2n) is 6.17. The Balaban J connectivity index is 1.52. The lowest BCUT2D eigenvalue weighted by Gasteiger charge is -2.05. The van der Waals surface area contributed by atoms with E-state index >= 15 is 0 Å². The molecule has 4 rings (SSSR count). The van der Waals surface area contributed by atoms with E-state index in [1.807, 2.05) is 0 Å². The van der Waals surface area contributed by atoms with Gasteiger partial charge in [-0.2, -0.15) is 0 Å². The van der Waals surface area contributed by atoms with Gasteiger partial charge < -0.3 is 19.4 Å². The molecule has 0 bridgehead atoms. The van der Waals surface area contributed by atoms with Crippen molar-refractivity contribution in [3.8, 4) is 11.3 Å². The van der Waals surface area contributed by atoms with Gasteiger partial charge in [0.1, 0.15) is 12.4 Å². The molecule has 0 aliphatic heterocycles. The molecule has 1 amide bonds. The third-order valence-electron chi connectivity index (χ3n) is 4.20. The number of hydrogen-bond acceptors (Lipinski definition) is 4. The fraction of sp³-hybridized carbons (Fsp3) is 0.111. The molecule has 142 valence electrons. The van der Waals surface area contributed by atoms with E-state index in [-0.39, 0.29) is 23.3 Å². The number of aryl methyl sites for hydroxylation is 1. The summed E-state index contributed by atoms with van der Waals surface area (Å²) in [7, 11) is 1.56. The minimum Gasteiger partial charge on any atom is -0.341 e. The van der Waals surface area contributed by atoms with Crippen molar-refractivity contribution in [1.82, 2.24) is 24.1 Å². The summed E-state index contributed by atoms with van der Waals surface area (Å²) in [4.78, 5) is 35.6. The zero-order valence-corrected chi connectivity index (χ0v) is 14.6. The molecule has 28 heavy (non-hydrogen) atoms. The van der Waals surface area contributed by atoms with Crippen LogP contribution in [0.5, 0.6) is 0 Å². The zero-order chi connectivity index (χ0) is 19.8. The minimum absolute atomic E-state index is 0.142. The number of fused-ring (bicyclic) bond motifs is 1. The van der Waals surface area contributed by atoms with E-state index in [4.69, 9.17) is 0 Å². The van der Waals surface area contributed by atoms with Crippen molar-refractivity contribution < 1.29 is 13.6 Å². The normalized spacial score (nSPS) is 11.1. The Hall–Kier alpha value is -3.82. The summed E-state index contributed by atoms with van der Waals surface area (Å²) in [6.07, 6.45) is 2.74. The third kappa shape index (κ3) is 3.15. The lowest BCUT2D eigenvalue weighted by Crippen LogP contribution is -2.23. The SMILES string of the molecule is Cn1cnc2ncn(CC(=O)Nc3ccc(-c4ccc(F)c(F)c4)[nH]3)c2c1=O. The number of carbonyl (C=O) groups excluding carboxylic acids is 1. The van der Waals surface area contributed by atoms with Crippen LogP contribution in [-0.2, 0) is 18.4 Å². The molecular weight excluding hydrogens is 370 g/mol. The molecule has 4 aromatic rings. The van der Waals surface area contributed by atoms with Crippen LogP contribution < -0.4 is 10.9 Å². The number of nitrogens with zero attached hydrogens (tertiary/aromatic N) is 4. The first-order valence-electron chi connectivity index (χ1n) is 8.23. The predicted octanol–water partition coefficient (Wildman–Crippen LogP) is 2.04. The highest BCUT2D eigenvalue weighted by Crippen LogP contribution is 2.22. The van der Waals surface area contributed by atoms with Gasteiger partial charge in [0.15, 0.2) is 22.8 Å². The largest absolute Gasteiger partial charge is 0.341 e. The summed E-state index contributed by atoms with van der Waals surface area (Å²) in [6, 6.07) is 6.75. The molecular formula is C18H14F2N6O2. The van der Waals surface area contributed by atoms with Crippen molar-refractivity contribution in [2.75, 3.05) is 5.32 Å². The summed E-state index contributed by atoms with van der Waals surface area (Å²) in [5, 5.41) is 2.65. The van der Waals surface area contributed by atoms with Crippen molar-refractivity contribution in [2.45, 2.75) is 6.54 Å². The molecule has 8 nitrogen and oxygen atoms in total. The van der Waals surface area contributed by atoms with Gasteiger partial charge in [0.25, 0.3) is 5.56 Å². The smallest absolute Gasteiger partial charge is 0.279 e. The first kappa shape index (κ1) is 17.6. The van der Waals surface area contributed by atoms with Crippen LogP contribution >= 0.6 is 0 Å². The topological polar surface area (TPSA) is 97.6 Å². The Morgan fingerprint density at radius 1 is 1.14 bits per heavy atom. The third-order valence-corrected chi connectivity index (χ3v) is 4.20. The average Bonchev–Trinajstić information content (AvgIpc) is 3.28. The van der Waals surface area contributed by atoms with Gasteiger partial charge in [-0.1, -0.05) is 0 Å². The van der Waals surface area contributed by atoms with Crippen molar-refractivity contribution in [2.24, 2.45) is 7.05 Å². The number of carbonyl (C=O) groups is 1. The van der Waals surface area contributed by atoms with Crippen LogP contribution in [0.25, 0.3) is 22.4 Å². The van der Waals surface area contributed by atoms with E-state index in [1.54, 1.807) is 19.2 Å². The Morgan fingerprint density at radius 2 is 1.93 bits per heavy atom. The van der Waals surface area contributed by atoms with E-state index in [9.17, 15) is 18.4 Å². The maximum atomic E-state index is 13.4. The van der Waals surface area contributed by atoms with Gasteiger partial charge in [0.2, 0.25) is 5.91 Å².